The number of benzene rings is 1. The van der Waals surface area contributed by atoms with E-state index in [1.807, 2.05) is 30.3 Å². The summed E-state index contributed by atoms with van der Waals surface area (Å²) in [6.45, 7) is 2.18. The number of nitrogens with one attached hydrogen (secondary N) is 2. The SMILES string of the molecule is N=C(c1ccc(-c2cc(CNC(=O)c3ccc(Cl)s3)no2)cc1)N1CCCC1. The molecule has 3 aromatic rings. The van der Waals surface area contributed by atoms with Crippen molar-refractivity contribution >= 4 is 34.7 Å². The van der Waals surface area contributed by atoms with Crippen LogP contribution in [-0.4, -0.2) is 34.9 Å². The molecule has 28 heavy (non-hydrogen) atoms. The maximum absolute atomic E-state index is 12.1. The average molecular weight is 415 g/mol. The van der Waals surface area contributed by atoms with Gasteiger partial charge in [0.05, 0.1) is 15.8 Å². The van der Waals surface area contributed by atoms with Crippen LogP contribution in [0.1, 0.15) is 33.8 Å². The molecule has 8 heteroatoms. The van der Waals surface area contributed by atoms with Crippen molar-refractivity contribution in [2.24, 2.45) is 0 Å². The zero-order valence-corrected chi connectivity index (χ0v) is 16.6. The molecule has 0 spiro atoms. The molecule has 0 atom stereocenters. The van der Waals surface area contributed by atoms with Crippen LogP contribution in [0.5, 0.6) is 0 Å². The lowest BCUT2D eigenvalue weighted by Crippen LogP contribution is -2.27. The van der Waals surface area contributed by atoms with Gasteiger partial charge in [-0.1, -0.05) is 41.0 Å². The number of thiophene rings is 1. The Bertz CT molecular complexity index is 990. The second-order valence-corrected chi connectivity index (χ2v) is 8.30. The van der Waals surface area contributed by atoms with Crippen LogP contribution in [0.15, 0.2) is 47.0 Å². The fraction of sp³-hybridized carbons (Fsp3) is 0.250. The third-order valence-corrected chi connectivity index (χ3v) is 5.88. The minimum Gasteiger partial charge on any atom is -0.357 e. The first-order valence-electron chi connectivity index (χ1n) is 9.03. The topological polar surface area (TPSA) is 82.2 Å². The summed E-state index contributed by atoms with van der Waals surface area (Å²) >= 11 is 7.09. The maximum Gasteiger partial charge on any atom is 0.261 e. The van der Waals surface area contributed by atoms with Gasteiger partial charge >= 0.3 is 0 Å². The number of hydrogen-bond acceptors (Lipinski definition) is 5. The Kier molecular flexibility index (Phi) is 5.45. The largest absolute Gasteiger partial charge is 0.357 e. The van der Waals surface area contributed by atoms with Crippen LogP contribution < -0.4 is 5.32 Å². The second-order valence-electron chi connectivity index (χ2n) is 6.59. The molecular formula is C20H19ClN4O2S. The smallest absolute Gasteiger partial charge is 0.261 e. The van der Waals surface area contributed by atoms with Gasteiger partial charge in [0, 0.05) is 30.3 Å². The number of hydrogen-bond donors (Lipinski definition) is 2. The molecule has 0 bridgehead atoms. The monoisotopic (exact) mass is 414 g/mol. The van der Waals surface area contributed by atoms with Crippen LogP contribution in [0.25, 0.3) is 11.3 Å². The summed E-state index contributed by atoms with van der Waals surface area (Å²) in [5.74, 6) is 1.01. The number of amidine groups is 1. The van der Waals surface area contributed by atoms with Crippen LogP contribution in [-0.2, 0) is 6.54 Å². The first-order chi connectivity index (χ1) is 13.6. The normalized spacial score (nSPS) is 13.7. The van der Waals surface area contributed by atoms with Crippen molar-refractivity contribution in [2.45, 2.75) is 19.4 Å². The summed E-state index contributed by atoms with van der Waals surface area (Å²) in [5, 5.41) is 15.1. The Morgan fingerprint density at radius 3 is 2.64 bits per heavy atom. The van der Waals surface area contributed by atoms with Gasteiger partial charge in [0.15, 0.2) is 5.76 Å². The van der Waals surface area contributed by atoms with Gasteiger partial charge in [-0.15, -0.1) is 11.3 Å². The lowest BCUT2D eigenvalue weighted by molar-refractivity contribution is 0.0954. The van der Waals surface area contributed by atoms with Gasteiger partial charge < -0.3 is 14.7 Å². The highest BCUT2D eigenvalue weighted by Crippen LogP contribution is 2.23. The Morgan fingerprint density at radius 2 is 1.96 bits per heavy atom. The molecule has 2 N–H and O–H groups in total. The number of halogens is 1. The van der Waals surface area contributed by atoms with Gasteiger partial charge in [-0.3, -0.25) is 10.2 Å². The van der Waals surface area contributed by atoms with E-state index >= 15 is 0 Å². The average Bonchev–Trinajstić information content (AvgIpc) is 3.47. The predicted molar refractivity (Wildman–Crippen MR) is 110 cm³/mol. The molecule has 3 heterocycles. The van der Waals surface area contributed by atoms with Crippen molar-refractivity contribution in [3.05, 3.63) is 62.9 Å². The Labute approximate surface area is 171 Å². The fourth-order valence-electron chi connectivity index (χ4n) is 3.14. The van der Waals surface area contributed by atoms with Gasteiger partial charge in [0.2, 0.25) is 0 Å². The van der Waals surface area contributed by atoms with Crippen molar-refractivity contribution in [3.63, 3.8) is 0 Å². The molecular weight excluding hydrogens is 396 g/mol. The maximum atomic E-state index is 12.1. The summed E-state index contributed by atoms with van der Waals surface area (Å²) < 4.78 is 5.99. The van der Waals surface area contributed by atoms with Crippen LogP contribution >= 0.6 is 22.9 Å². The molecule has 1 saturated heterocycles. The molecule has 144 valence electrons. The summed E-state index contributed by atoms with van der Waals surface area (Å²) in [7, 11) is 0. The summed E-state index contributed by atoms with van der Waals surface area (Å²) in [6, 6.07) is 12.9. The number of nitrogens with zero attached hydrogens (tertiary/aromatic N) is 2. The van der Waals surface area contributed by atoms with Gasteiger partial charge in [0.25, 0.3) is 5.91 Å². The lowest BCUT2D eigenvalue weighted by atomic mass is 10.1. The standard InChI is InChI=1S/C20H19ClN4O2S/c21-18-8-7-17(28-18)20(26)23-12-15-11-16(27-24-15)13-3-5-14(6-4-13)19(22)25-9-1-2-10-25/h3-8,11,22H,1-2,9-10,12H2,(H,23,26). The number of rotatable bonds is 5. The van der Waals surface area contributed by atoms with Gasteiger partial charge in [0.1, 0.15) is 11.5 Å². The van der Waals surface area contributed by atoms with Crippen molar-refractivity contribution in [1.82, 2.24) is 15.4 Å². The number of likely N-dealkylation sites (tertiary alicyclic amines) is 1. The molecule has 2 aromatic heterocycles. The van der Waals surface area contributed by atoms with E-state index in [9.17, 15) is 4.79 Å². The van der Waals surface area contributed by atoms with Gasteiger partial charge in [-0.25, -0.2) is 0 Å². The minimum absolute atomic E-state index is 0.189. The molecule has 0 unspecified atom stereocenters. The molecule has 0 saturated carbocycles. The van der Waals surface area contributed by atoms with Crippen molar-refractivity contribution in [2.75, 3.05) is 13.1 Å². The first kappa shape index (κ1) is 18.7. The highest BCUT2D eigenvalue weighted by Gasteiger charge is 2.17. The first-order valence-corrected chi connectivity index (χ1v) is 10.2. The van der Waals surface area contributed by atoms with Crippen LogP contribution in [0.2, 0.25) is 4.34 Å². The van der Waals surface area contributed by atoms with E-state index < -0.39 is 0 Å². The lowest BCUT2D eigenvalue weighted by Gasteiger charge is -2.18. The molecule has 4 rings (SSSR count). The van der Waals surface area contributed by atoms with Crippen LogP contribution in [0, 0.1) is 5.41 Å². The van der Waals surface area contributed by atoms with Crippen molar-refractivity contribution in [3.8, 4) is 11.3 Å². The Morgan fingerprint density at radius 1 is 1.21 bits per heavy atom. The quantitative estimate of drug-likeness (QED) is 0.478. The van der Waals surface area contributed by atoms with E-state index in [1.165, 1.54) is 11.3 Å². The highest BCUT2D eigenvalue weighted by atomic mass is 35.5. The Hall–Kier alpha value is -2.64. The minimum atomic E-state index is -0.189. The van der Waals surface area contributed by atoms with E-state index in [0.29, 0.717) is 26.5 Å². The molecule has 1 aliphatic heterocycles. The number of aromatic nitrogens is 1. The zero-order valence-electron chi connectivity index (χ0n) is 15.1. The predicted octanol–water partition coefficient (Wildman–Crippen LogP) is 4.41. The van der Waals surface area contributed by atoms with Crippen molar-refractivity contribution in [1.29, 1.82) is 5.41 Å². The zero-order chi connectivity index (χ0) is 19.5. The number of carbonyl (C=O) groups excluding carboxylic acids is 1. The van der Waals surface area contributed by atoms with E-state index in [2.05, 4.69) is 15.4 Å². The third kappa shape index (κ3) is 4.10. The molecule has 0 aliphatic carbocycles. The van der Waals surface area contributed by atoms with Gasteiger partial charge in [-0.2, -0.15) is 0 Å². The number of carbonyl (C=O) groups is 1. The summed E-state index contributed by atoms with van der Waals surface area (Å²) in [4.78, 5) is 14.7. The molecule has 1 aromatic carbocycles. The molecule has 1 fully saturated rings. The van der Waals surface area contributed by atoms with E-state index in [4.69, 9.17) is 21.5 Å². The fourth-order valence-corrected chi connectivity index (χ4v) is 4.10. The summed E-state index contributed by atoms with van der Waals surface area (Å²) in [6.07, 6.45) is 2.30. The second kappa shape index (κ2) is 8.16. The number of amides is 1. The van der Waals surface area contributed by atoms with E-state index in [-0.39, 0.29) is 12.5 Å². The molecule has 1 amide bonds. The molecule has 0 radical (unpaired) electrons. The molecule has 6 nitrogen and oxygen atoms in total. The third-order valence-electron chi connectivity index (χ3n) is 4.65. The van der Waals surface area contributed by atoms with Crippen molar-refractivity contribution < 1.29 is 9.32 Å². The van der Waals surface area contributed by atoms with Crippen LogP contribution in [0.4, 0.5) is 0 Å². The highest BCUT2D eigenvalue weighted by molar-refractivity contribution is 7.17. The molecule has 1 aliphatic rings. The Balaban J connectivity index is 1.38. The van der Waals surface area contributed by atoms with Crippen LogP contribution in [0.3, 0.4) is 0 Å². The van der Waals surface area contributed by atoms with Gasteiger partial charge in [-0.05, 0) is 25.0 Å². The summed E-state index contributed by atoms with van der Waals surface area (Å²) in [5.41, 5.74) is 2.42. The van der Waals surface area contributed by atoms with E-state index in [1.54, 1.807) is 12.1 Å². The van der Waals surface area contributed by atoms with E-state index in [0.717, 1.165) is 37.1 Å².